The Kier molecular flexibility index (Phi) is 4.59. The van der Waals surface area contributed by atoms with E-state index in [1.807, 2.05) is 5.32 Å². The lowest BCUT2D eigenvalue weighted by atomic mass is 10.2. The Morgan fingerprint density at radius 2 is 2.00 bits per heavy atom. The molecule has 0 radical (unpaired) electrons. The number of primary amides is 1. The molecule has 98 valence electrons. The van der Waals surface area contributed by atoms with Crippen LogP contribution in [0.2, 0.25) is 0 Å². The topological polar surface area (TPSA) is 75.4 Å². The Hall–Kier alpha value is -2.18. The smallest absolute Gasteiger partial charge is 0.318 e. The van der Waals surface area contributed by atoms with Crippen LogP contribution in [0.4, 0.5) is 19.3 Å². The van der Waals surface area contributed by atoms with Crippen LogP contribution in [0.15, 0.2) is 18.2 Å². The van der Waals surface area contributed by atoms with E-state index in [4.69, 9.17) is 5.73 Å². The van der Waals surface area contributed by atoms with Crippen LogP contribution < -0.4 is 16.0 Å². The van der Waals surface area contributed by atoms with Gasteiger partial charge in [-0.3, -0.25) is 10.1 Å². The summed E-state index contributed by atoms with van der Waals surface area (Å²) in [5.41, 5.74) is 5.20. The lowest BCUT2D eigenvalue weighted by Crippen LogP contribution is -2.36. The number of halogens is 2. The fourth-order valence-corrected chi connectivity index (χ4v) is 1.32. The minimum atomic E-state index is -0.957. The number of imide groups is 1. The molecular formula is C11H13F2N3O2. The summed E-state index contributed by atoms with van der Waals surface area (Å²) in [4.78, 5) is 23.1. The largest absolute Gasteiger partial charge is 0.374 e. The molecule has 18 heavy (non-hydrogen) atoms. The Morgan fingerprint density at radius 1 is 1.33 bits per heavy atom. The summed E-state index contributed by atoms with van der Waals surface area (Å²) in [6.45, 7) is 0.240. The summed E-state index contributed by atoms with van der Waals surface area (Å²) in [5, 5.41) is 1.91. The van der Waals surface area contributed by atoms with Gasteiger partial charge in [0.05, 0.1) is 0 Å². The van der Waals surface area contributed by atoms with Gasteiger partial charge in [-0.2, -0.15) is 0 Å². The molecule has 0 aliphatic rings. The number of anilines is 1. The second-order valence-corrected chi connectivity index (χ2v) is 3.68. The van der Waals surface area contributed by atoms with E-state index >= 15 is 0 Å². The van der Waals surface area contributed by atoms with Crippen molar-refractivity contribution >= 4 is 17.6 Å². The molecule has 0 spiro atoms. The molecule has 0 saturated heterocycles. The van der Waals surface area contributed by atoms with Gasteiger partial charge in [-0.25, -0.2) is 13.6 Å². The number of hydrogen-bond acceptors (Lipinski definition) is 3. The van der Waals surface area contributed by atoms with Crippen molar-refractivity contribution in [1.82, 2.24) is 5.32 Å². The van der Waals surface area contributed by atoms with Gasteiger partial charge in [-0.05, 0) is 12.1 Å². The molecule has 1 aromatic carbocycles. The van der Waals surface area contributed by atoms with Crippen LogP contribution in [0.25, 0.3) is 0 Å². The standard InChI is InChI=1S/C11H13F2N3O2/c1-16(5-4-10(17)15-11(14)18)7-2-3-8(12)9(13)6-7/h2-3,6H,4-5H2,1H3,(H3,14,15,17,18). The predicted octanol–water partition coefficient (Wildman–Crippen LogP) is 0.986. The summed E-state index contributed by atoms with van der Waals surface area (Å²) in [5.74, 6) is -2.42. The zero-order valence-electron chi connectivity index (χ0n) is 9.74. The predicted molar refractivity (Wildman–Crippen MR) is 62.0 cm³/mol. The molecule has 1 rings (SSSR count). The average Bonchev–Trinajstić information content (AvgIpc) is 2.28. The van der Waals surface area contributed by atoms with Crippen LogP contribution in [-0.4, -0.2) is 25.5 Å². The van der Waals surface area contributed by atoms with E-state index in [1.165, 1.54) is 6.07 Å². The number of carbonyl (C=O) groups is 2. The second kappa shape index (κ2) is 5.95. The van der Waals surface area contributed by atoms with E-state index in [-0.39, 0.29) is 13.0 Å². The van der Waals surface area contributed by atoms with Crippen LogP contribution in [0.3, 0.4) is 0 Å². The van der Waals surface area contributed by atoms with Crippen molar-refractivity contribution in [3.05, 3.63) is 29.8 Å². The lowest BCUT2D eigenvalue weighted by molar-refractivity contribution is -0.119. The van der Waals surface area contributed by atoms with Crippen molar-refractivity contribution in [2.45, 2.75) is 6.42 Å². The maximum atomic E-state index is 13.0. The Labute approximate surface area is 103 Å². The number of hydrogen-bond donors (Lipinski definition) is 2. The number of nitrogens with two attached hydrogens (primary N) is 1. The Bertz CT molecular complexity index is 466. The van der Waals surface area contributed by atoms with Gasteiger partial charge in [0.15, 0.2) is 11.6 Å². The quantitative estimate of drug-likeness (QED) is 0.844. The van der Waals surface area contributed by atoms with Crippen LogP contribution in [-0.2, 0) is 4.79 Å². The van der Waals surface area contributed by atoms with E-state index in [9.17, 15) is 18.4 Å². The highest BCUT2D eigenvalue weighted by Gasteiger charge is 2.09. The first-order chi connectivity index (χ1) is 8.40. The summed E-state index contributed by atoms with van der Waals surface area (Å²) in [6, 6.07) is 2.51. The summed E-state index contributed by atoms with van der Waals surface area (Å²) < 4.78 is 25.7. The highest BCUT2D eigenvalue weighted by molar-refractivity contribution is 5.93. The van der Waals surface area contributed by atoms with Gasteiger partial charge >= 0.3 is 6.03 Å². The molecule has 3 N–H and O–H groups in total. The fraction of sp³-hybridized carbons (Fsp3) is 0.273. The van der Waals surface area contributed by atoms with E-state index in [2.05, 4.69) is 0 Å². The minimum Gasteiger partial charge on any atom is -0.374 e. The molecule has 0 unspecified atom stereocenters. The third-order valence-electron chi connectivity index (χ3n) is 2.28. The molecule has 0 saturated carbocycles. The van der Waals surface area contributed by atoms with Crippen molar-refractivity contribution in [2.24, 2.45) is 5.73 Å². The molecular weight excluding hydrogens is 244 g/mol. The van der Waals surface area contributed by atoms with Crippen molar-refractivity contribution < 1.29 is 18.4 Å². The number of urea groups is 1. The van der Waals surface area contributed by atoms with Gasteiger partial charge in [0.2, 0.25) is 5.91 Å². The molecule has 3 amide bonds. The van der Waals surface area contributed by atoms with Crippen molar-refractivity contribution in [1.29, 1.82) is 0 Å². The first-order valence-electron chi connectivity index (χ1n) is 5.15. The maximum absolute atomic E-state index is 13.0. The SMILES string of the molecule is CN(CCC(=O)NC(N)=O)c1ccc(F)c(F)c1. The fourth-order valence-electron chi connectivity index (χ4n) is 1.32. The van der Waals surface area contributed by atoms with Gasteiger partial charge in [-0.15, -0.1) is 0 Å². The third kappa shape index (κ3) is 4.00. The molecule has 0 atom stereocenters. The van der Waals surface area contributed by atoms with Gasteiger partial charge in [0, 0.05) is 31.8 Å². The van der Waals surface area contributed by atoms with Gasteiger partial charge in [-0.1, -0.05) is 0 Å². The zero-order chi connectivity index (χ0) is 13.7. The highest BCUT2D eigenvalue weighted by atomic mass is 19.2. The Balaban J connectivity index is 2.54. The monoisotopic (exact) mass is 257 g/mol. The number of nitrogens with one attached hydrogen (secondary N) is 1. The molecule has 0 heterocycles. The van der Waals surface area contributed by atoms with Crippen molar-refractivity contribution in [3.63, 3.8) is 0 Å². The molecule has 1 aromatic rings. The first kappa shape index (κ1) is 13.9. The summed E-state index contributed by atoms with van der Waals surface area (Å²) >= 11 is 0. The van der Waals surface area contributed by atoms with Gasteiger partial charge in [0.1, 0.15) is 0 Å². The Morgan fingerprint density at radius 3 is 2.56 bits per heavy atom. The molecule has 0 aliphatic carbocycles. The number of benzene rings is 1. The van der Waals surface area contributed by atoms with E-state index < -0.39 is 23.6 Å². The number of carbonyl (C=O) groups excluding carboxylic acids is 2. The number of amides is 3. The second-order valence-electron chi connectivity index (χ2n) is 3.68. The van der Waals surface area contributed by atoms with E-state index in [0.29, 0.717) is 5.69 Å². The number of nitrogens with zero attached hydrogens (tertiary/aromatic N) is 1. The molecule has 0 bridgehead atoms. The van der Waals surface area contributed by atoms with E-state index in [0.717, 1.165) is 12.1 Å². The summed E-state index contributed by atoms with van der Waals surface area (Å²) in [6.07, 6.45) is 0.0123. The zero-order valence-corrected chi connectivity index (χ0v) is 9.74. The van der Waals surface area contributed by atoms with Crippen molar-refractivity contribution in [2.75, 3.05) is 18.5 Å². The van der Waals surface area contributed by atoms with Gasteiger partial charge < -0.3 is 10.6 Å². The van der Waals surface area contributed by atoms with Crippen LogP contribution >= 0.6 is 0 Å². The third-order valence-corrected chi connectivity index (χ3v) is 2.28. The van der Waals surface area contributed by atoms with Crippen LogP contribution in [0.1, 0.15) is 6.42 Å². The maximum Gasteiger partial charge on any atom is 0.318 e. The first-order valence-corrected chi connectivity index (χ1v) is 5.15. The van der Waals surface area contributed by atoms with Crippen LogP contribution in [0, 0.1) is 11.6 Å². The lowest BCUT2D eigenvalue weighted by Gasteiger charge is -2.18. The minimum absolute atomic E-state index is 0.0123. The van der Waals surface area contributed by atoms with Crippen LogP contribution in [0.5, 0.6) is 0 Å². The normalized spacial score (nSPS) is 9.94. The molecule has 7 heteroatoms. The van der Waals surface area contributed by atoms with E-state index in [1.54, 1.807) is 11.9 Å². The summed E-state index contributed by atoms with van der Waals surface area (Å²) in [7, 11) is 1.62. The molecule has 0 fully saturated rings. The van der Waals surface area contributed by atoms with Gasteiger partial charge in [0.25, 0.3) is 0 Å². The highest BCUT2D eigenvalue weighted by Crippen LogP contribution is 2.16. The molecule has 0 aromatic heterocycles. The number of rotatable bonds is 4. The molecule has 5 nitrogen and oxygen atoms in total. The average molecular weight is 257 g/mol. The van der Waals surface area contributed by atoms with Crippen molar-refractivity contribution in [3.8, 4) is 0 Å². The molecule has 0 aliphatic heterocycles.